The van der Waals surface area contributed by atoms with E-state index in [-0.39, 0.29) is 29.1 Å². The van der Waals surface area contributed by atoms with Crippen molar-refractivity contribution in [3.63, 3.8) is 0 Å². The third-order valence-corrected chi connectivity index (χ3v) is 26.2. The number of aliphatic hydroxyl groups is 2. The number of nitrogens with zero attached hydrogens (tertiary/aromatic N) is 1. The Labute approximate surface area is 270 Å². The van der Waals surface area contributed by atoms with Crippen molar-refractivity contribution in [3.8, 4) is 0 Å². The van der Waals surface area contributed by atoms with E-state index in [0.717, 1.165) is 0 Å². The summed E-state index contributed by atoms with van der Waals surface area (Å²) in [6.07, 6.45) is -0.943. The first-order valence-corrected chi connectivity index (χ1v) is 25.8. The highest BCUT2D eigenvalue weighted by Crippen LogP contribution is 2.62. The van der Waals surface area contributed by atoms with E-state index in [0.29, 0.717) is 5.75 Å². The molecule has 2 fully saturated rings. The maximum absolute atomic E-state index is 14.0. The van der Waals surface area contributed by atoms with Gasteiger partial charge in [-0.25, -0.2) is 4.79 Å². The van der Waals surface area contributed by atoms with Crippen LogP contribution in [0.1, 0.15) is 76.2 Å². The van der Waals surface area contributed by atoms with E-state index < -0.39 is 70.1 Å². The highest BCUT2D eigenvalue weighted by Gasteiger charge is 2.76. The number of ether oxygens (including phenoxy) is 1. The predicted molar refractivity (Wildman–Crippen MR) is 187 cm³/mol. The molecule has 0 spiro atoms. The van der Waals surface area contributed by atoms with Crippen LogP contribution in [0.5, 0.6) is 0 Å². The molecule has 2 aliphatic rings. The van der Waals surface area contributed by atoms with Gasteiger partial charge < -0.3 is 19.4 Å². The number of amides is 3. The lowest BCUT2D eigenvalue weighted by Gasteiger charge is -2.56. The largest absolute Gasteiger partial charge is 0.420 e. The maximum atomic E-state index is 14.0. The summed E-state index contributed by atoms with van der Waals surface area (Å²) in [6, 6.07) is -0.528. The fourth-order valence-electron chi connectivity index (χ4n) is 6.13. The van der Waals surface area contributed by atoms with Crippen LogP contribution in [0.4, 0.5) is 4.79 Å². The number of carbonyl (C=O) groups excluding carboxylic acids is 2. The number of aliphatic hydroxyl groups excluding tert-OH is 1. The lowest BCUT2D eigenvalue weighted by molar-refractivity contribution is -0.152. The molecule has 2 heterocycles. The monoisotopic (exact) mass is 676 g/mol. The Morgan fingerprint density at radius 1 is 1.07 bits per heavy atom. The fourth-order valence-corrected chi connectivity index (χ4v) is 13.6. The summed E-state index contributed by atoms with van der Waals surface area (Å²) in [5.41, 5.74) is -2.32. The number of urea groups is 1. The van der Waals surface area contributed by atoms with Crippen LogP contribution in [0.25, 0.3) is 0 Å². The van der Waals surface area contributed by atoms with E-state index in [4.69, 9.17) is 9.16 Å². The minimum atomic E-state index is -2.79. The van der Waals surface area contributed by atoms with Gasteiger partial charge in [0, 0.05) is 13.2 Å². The van der Waals surface area contributed by atoms with Crippen molar-refractivity contribution in [2.45, 2.75) is 148 Å². The topological polar surface area (TPSA) is 108 Å². The Morgan fingerprint density at radius 2 is 1.58 bits per heavy atom. The van der Waals surface area contributed by atoms with E-state index in [1.54, 1.807) is 4.90 Å². The van der Waals surface area contributed by atoms with Crippen LogP contribution in [0.2, 0.25) is 49.4 Å². The second kappa shape index (κ2) is 12.1. The smallest absolute Gasteiger partial charge is 0.327 e. The average Bonchev–Trinajstić information content (AvgIpc) is 3.07. The highest BCUT2D eigenvalue weighted by molar-refractivity contribution is 8.00. The molecule has 0 aromatic heterocycles. The van der Waals surface area contributed by atoms with Crippen LogP contribution in [0.15, 0.2) is 0 Å². The molecule has 12 heteroatoms. The summed E-state index contributed by atoms with van der Waals surface area (Å²) in [7, 11) is -6.89. The van der Waals surface area contributed by atoms with Crippen molar-refractivity contribution in [2.24, 2.45) is 16.7 Å². The minimum Gasteiger partial charge on any atom is -0.420 e. The Kier molecular flexibility index (Phi) is 11.0. The Balaban J connectivity index is 3.05. The number of rotatable bonds is 9. The van der Waals surface area contributed by atoms with E-state index in [9.17, 15) is 19.8 Å². The molecule has 2 rings (SSSR count). The van der Waals surface area contributed by atoms with Gasteiger partial charge in [0.2, 0.25) is 11.0 Å². The molecule has 3 N–H and O–H groups in total. The summed E-state index contributed by atoms with van der Waals surface area (Å²) in [5.74, 6) is -0.375. The van der Waals surface area contributed by atoms with Gasteiger partial charge in [0.05, 0.1) is 38.4 Å². The van der Waals surface area contributed by atoms with Gasteiger partial charge in [-0.05, 0) is 41.3 Å². The summed E-state index contributed by atoms with van der Waals surface area (Å²) < 4.78 is 13.7. The Bertz CT molecular complexity index is 1050. The minimum absolute atomic E-state index is 0.125. The molecule has 0 saturated carbocycles. The van der Waals surface area contributed by atoms with Gasteiger partial charge in [0.1, 0.15) is 6.10 Å². The molecule has 8 nitrogen and oxygen atoms in total. The number of hydrogen-bond donors (Lipinski definition) is 3. The first kappa shape index (κ1) is 39.0. The molecule has 0 aromatic rings. The van der Waals surface area contributed by atoms with Gasteiger partial charge >= 0.3 is 6.03 Å². The quantitative estimate of drug-likeness (QED) is 0.250. The zero-order valence-electron chi connectivity index (χ0n) is 30.3. The summed E-state index contributed by atoms with van der Waals surface area (Å²) in [5, 5.41) is 25.5. The van der Waals surface area contributed by atoms with Crippen molar-refractivity contribution in [1.29, 1.82) is 0 Å². The number of hydrogen-bond acceptors (Lipinski definition) is 7. The van der Waals surface area contributed by atoms with Crippen LogP contribution < -0.4 is 5.32 Å². The molecule has 43 heavy (non-hydrogen) atoms. The molecule has 0 bridgehead atoms. The van der Waals surface area contributed by atoms with Crippen molar-refractivity contribution in [2.75, 3.05) is 18.9 Å². The predicted octanol–water partition coefficient (Wildman–Crippen LogP) is 6.20. The fraction of sp³-hybridized carbons (Fsp3) is 0.935. The number of nitrogens with one attached hydrogen (secondary N) is 1. The molecular formula is C31H64N2O6SSi3. The van der Waals surface area contributed by atoms with Gasteiger partial charge in [0.15, 0.2) is 9.04 Å². The third-order valence-electron chi connectivity index (χ3n) is 12.0. The molecule has 3 amide bonds. The average molecular weight is 677 g/mol. The SMILES string of the molecule is CCS[C@@]1(N2CC(C)(C(C)(C)C)C(=O)NC2=O)O[C@H](C(O)[Si](C)(C)C(C)(C)C)[C@](O)([Si](C)(C)C(C)(C)C)C1CO[SiH](C)C. The lowest BCUT2D eigenvalue weighted by atomic mass is 9.66. The molecule has 0 aliphatic carbocycles. The highest BCUT2D eigenvalue weighted by atomic mass is 32.2. The van der Waals surface area contributed by atoms with Crippen LogP contribution >= 0.6 is 11.8 Å². The Morgan fingerprint density at radius 3 is 1.98 bits per heavy atom. The van der Waals surface area contributed by atoms with E-state index >= 15 is 0 Å². The molecule has 0 aromatic carbocycles. The zero-order valence-corrected chi connectivity index (χ0v) is 34.3. The molecule has 3 unspecified atom stereocenters. The van der Waals surface area contributed by atoms with Crippen molar-refractivity contribution in [3.05, 3.63) is 0 Å². The summed E-state index contributed by atoms with van der Waals surface area (Å²) in [6.45, 7) is 36.1. The summed E-state index contributed by atoms with van der Waals surface area (Å²) >= 11 is 1.47. The number of carbonyl (C=O) groups is 2. The Hall–Kier alpha value is -0.219. The molecule has 252 valence electrons. The van der Waals surface area contributed by atoms with Gasteiger partial charge in [-0.15, -0.1) is 11.8 Å². The van der Waals surface area contributed by atoms with Crippen LogP contribution in [-0.2, 0) is 14.0 Å². The standard InChI is InChI=1S/C31H64N2O6SSi3/c1-18-40-31(33-20-29(11,26(2,3)4)24(35)32-25(33)36)21(19-38-41(12)13)30(37,43(16,17)28(8,9)10)22(39-31)23(34)42(14,15)27(5,6)7/h21-23,34,37,41H,18-20H2,1-17H3,(H,32,35,36)/t21?,22-,23?,29?,30-,31+/m1/s1. The van der Waals surface area contributed by atoms with Crippen molar-refractivity contribution >= 4 is 48.9 Å². The first-order valence-electron chi connectivity index (χ1n) is 16.0. The van der Waals surface area contributed by atoms with Gasteiger partial charge in [-0.3, -0.25) is 15.0 Å². The van der Waals surface area contributed by atoms with E-state index in [1.807, 2.05) is 34.6 Å². The number of thioether (sulfide) groups is 1. The van der Waals surface area contributed by atoms with Crippen molar-refractivity contribution in [1.82, 2.24) is 10.2 Å². The van der Waals surface area contributed by atoms with Crippen molar-refractivity contribution < 1.29 is 29.0 Å². The molecular weight excluding hydrogens is 613 g/mol. The van der Waals surface area contributed by atoms with Gasteiger partial charge in [-0.1, -0.05) is 95.4 Å². The molecule has 0 radical (unpaired) electrons. The number of imide groups is 1. The maximum Gasteiger partial charge on any atom is 0.327 e. The second-order valence-corrected chi connectivity index (χ2v) is 32.5. The normalized spacial score (nSPS) is 32.4. The van der Waals surface area contributed by atoms with E-state index in [1.165, 1.54) is 11.8 Å². The van der Waals surface area contributed by atoms with Crippen LogP contribution in [0, 0.1) is 16.7 Å². The zero-order chi connectivity index (χ0) is 34.0. The third kappa shape index (κ3) is 6.26. The second-order valence-electron chi connectivity index (χ2n) is 17.6. The van der Waals surface area contributed by atoms with Gasteiger partial charge in [0.25, 0.3) is 0 Å². The summed E-state index contributed by atoms with van der Waals surface area (Å²) in [4.78, 5) is 29.1. The van der Waals surface area contributed by atoms with E-state index in [2.05, 4.69) is 86.1 Å². The van der Waals surface area contributed by atoms with Crippen LogP contribution in [0.3, 0.4) is 0 Å². The van der Waals surface area contributed by atoms with Crippen LogP contribution in [-0.4, -0.2) is 93.3 Å². The van der Waals surface area contributed by atoms with Gasteiger partial charge in [-0.2, -0.15) is 0 Å². The lowest BCUT2D eigenvalue weighted by Crippen LogP contribution is -2.74. The molecule has 6 atom stereocenters. The molecule has 2 aliphatic heterocycles. The molecule has 2 saturated heterocycles. The first-order chi connectivity index (χ1) is 19.0.